The molecule has 2 aliphatic heterocycles. The van der Waals surface area contributed by atoms with Gasteiger partial charge in [-0.3, -0.25) is 14.5 Å². The first-order valence-corrected chi connectivity index (χ1v) is 13.2. The van der Waals surface area contributed by atoms with Crippen LogP contribution in [0.15, 0.2) is 65.5 Å². The molecule has 4 aromatic rings. The number of rotatable bonds is 4. The van der Waals surface area contributed by atoms with Crippen molar-refractivity contribution in [2.75, 3.05) is 37.6 Å². The van der Waals surface area contributed by atoms with Crippen molar-refractivity contribution in [2.24, 2.45) is 0 Å². The van der Waals surface area contributed by atoms with E-state index in [9.17, 15) is 9.59 Å². The number of hydrogen-bond donors (Lipinski definition) is 0. The van der Waals surface area contributed by atoms with Crippen molar-refractivity contribution >= 4 is 50.3 Å². The first-order chi connectivity index (χ1) is 16.7. The van der Waals surface area contributed by atoms with Crippen LogP contribution < -0.4 is 4.90 Å². The Kier molecular flexibility index (Phi) is 5.64. The summed E-state index contributed by atoms with van der Waals surface area (Å²) in [6.07, 6.45) is 2.19. The second kappa shape index (κ2) is 8.94. The first-order valence-electron chi connectivity index (χ1n) is 11.5. The van der Waals surface area contributed by atoms with Gasteiger partial charge in [-0.25, -0.2) is 4.98 Å². The van der Waals surface area contributed by atoms with Gasteiger partial charge in [-0.2, -0.15) is 0 Å². The number of benzene rings is 2. The fraction of sp³-hybridized carbons (Fsp3) is 0.269. The monoisotopic (exact) mass is 488 g/mol. The normalized spacial score (nSPS) is 19.3. The summed E-state index contributed by atoms with van der Waals surface area (Å²) in [5.74, 6) is 0.175. The standard InChI is InChI=1S/C26H24N4O2S2/c31-23-16-21(28-9-11-29(12-10-28)26(32)25-27-8-14-34-25)17-30(23)20-5-1-4-19(15-20)22-6-2-3-18-7-13-33-24(18)22/h1-8,13-15,21H,9-12,16-17H2. The molecule has 0 saturated carbocycles. The van der Waals surface area contributed by atoms with Gasteiger partial charge in [0.25, 0.3) is 5.91 Å². The number of piperazine rings is 1. The van der Waals surface area contributed by atoms with E-state index in [1.165, 1.54) is 27.0 Å². The lowest BCUT2D eigenvalue weighted by Crippen LogP contribution is -2.52. The van der Waals surface area contributed by atoms with E-state index in [1.54, 1.807) is 17.5 Å². The number of carbonyl (C=O) groups excluding carboxylic acids is 2. The lowest BCUT2D eigenvalue weighted by Gasteiger charge is -2.37. The Hall–Kier alpha value is -3.07. The molecule has 2 aromatic heterocycles. The Labute approximate surface area is 206 Å². The molecular formula is C26H24N4O2S2. The molecule has 2 fully saturated rings. The van der Waals surface area contributed by atoms with Crippen LogP contribution in [0.25, 0.3) is 21.2 Å². The number of amides is 2. The highest BCUT2D eigenvalue weighted by molar-refractivity contribution is 7.17. The number of hydrogen-bond acceptors (Lipinski definition) is 6. The van der Waals surface area contributed by atoms with Gasteiger partial charge < -0.3 is 9.80 Å². The smallest absolute Gasteiger partial charge is 0.282 e. The zero-order valence-electron chi connectivity index (χ0n) is 18.6. The lowest BCUT2D eigenvalue weighted by atomic mass is 10.0. The number of thiophene rings is 1. The van der Waals surface area contributed by atoms with Gasteiger partial charge in [-0.1, -0.05) is 30.3 Å². The molecule has 1 unspecified atom stereocenters. The van der Waals surface area contributed by atoms with Crippen molar-refractivity contribution in [3.05, 3.63) is 70.5 Å². The molecule has 0 spiro atoms. The Morgan fingerprint density at radius 2 is 1.82 bits per heavy atom. The number of aromatic nitrogens is 1. The highest BCUT2D eigenvalue weighted by Gasteiger charge is 2.36. The second-order valence-corrected chi connectivity index (χ2v) is 10.5. The van der Waals surface area contributed by atoms with Gasteiger partial charge in [0.1, 0.15) is 0 Å². The lowest BCUT2D eigenvalue weighted by molar-refractivity contribution is -0.117. The van der Waals surface area contributed by atoms with E-state index in [4.69, 9.17) is 0 Å². The third-order valence-corrected chi connectivity index (χ3v) is 8.51. The summed E-state index contributed by atoms with van der Waals surface area (Å²) in [4.78, 5) is 35.9. The quantitative estimate of drug-likeness (QED) is 0.422. The molecule has 0 radical (unpaired) electrons. The Morgan fingerprint density at radius 3 is 2.65 bits per heavy atom. The van der Waals surface area contributed by atoms with E-state index in [2.05, 4.69) is 51.7 Å². The largest absolute Gasteiger partial charge is 0.334 e. The maximum absolute atomic E-state index is 13.0. The summed E-state index contributed by atoms with van der Waals surface area (Å²) in [7, 11) is 0. The van der Waals surface area contributed by atoms with Crippen LogP contribution in [0.2, 0.25) is 0 Å². The molecule has 172 valence electrons. The van der Waals surface area contributed by atoms with Gasteiger partial charge in [0, 0.05) is 67.2 Å². The molecule has 8 heteroatoms. The molecule has 34 heavy (non-hydrogen) atoms. The zero-order chi connectivity index (χ0) is 23.1. The number of nitrogens with zero attached hydrogens (tertiary/aromatic N) is 4. The molecule has 6 rings (SSSR count). The highest BCUT2D eigenvalue weighted by atomic mass is 32.1. The molecule has 6 nitrogen and oxygen atoms in total. The Balaban J connectivity index is 1.15. The van der Waals surface area contributed by atoms with Crippen molar-refractivity contribution in [3.8, 4) is 11.1 Å². The predicted octanol–water partition coefficient (Wildman–Crippen LogP) is 4.59. The topological polar surface area (TPSA) is 56.8 Å². The number of thiazole rings is 1. The average Bonchev–Trinajstić information content (AvgIpc) is 3.64. The van der Waals surface area contributed by atoms with Crippen LogP contribution in [0, 0.1) is 0 Å². The van der Waals surface area contributed by atoms with Gasteiger partial charge in [0.15, 0.2) is 5.01 Å². The summed E-state index contributed by atoms with van der Waals surface area (Å²) in [5, 5.41) is 5.75. The van der Waals surface area contributed by atoms with E-state index in [0.717, 1.165) is 24.3 Å². The van der Waals surface area contributed by atoms with Crippen molar-refractivity contribution in [1.29, 1.82) is 0 Å². The van der Waals surface area contributed by atoms with Crippen LogP contribution in [0.4, 0.5) is 5.69 Å². The molecule has 2 saturated heterocycles. The SMILES string of the molecule is O=C(c1nccs1)N1CCN(C2CC(=O)N(c3cccc(-c4cccc5ccsc45)c3)C2)CC1. The third-order valence-electron chi connectivity index (χ3n) is 6.79. The minimum Gasteiger partial charge on any atom is -0.334 e. The predicted molar refractivity (Wildman–Crippen MR) is 138 cm³/mol. The van der Waals surface area contributed by atoms with Crippen molar-refractivity contribution in [1.82, 2.24) is 14.8 Å². The maximum Gasteiger partial charge on any atom is 0.282 e. The van der Waals surface area contributed by atoms with Gasteiger partial charge in [-0.05, 0) is 40.1 Å². The molecule has 2 amide bonds. The Bertz CT molecular complexity index is 1340. The van der Waals surface area contributed by atoms with Crippen LogP contribution in [0.5, 0.6) is 0 Å². The van der Waals surface area contributed by atoms with Crippen molar-refractivity contribution < 1.29 is 9.59 Å². The van der Waals surface area contributed by atoms with E-state index < -0.39 is 0 Å². The first kappa shape index (κ1) is 21.5. The molecular weight excluding hydrogens is 464 g/mol. The van der Waals surface area contributed by atoms with Crippen LogP contribution in [-0.2, 0) is 4.79 Å². The van der Waals surface area contributed by atoms with E-state index in [-0.39, 0.29) is 17.9 Å². The fourth-order valence-corrected chi connectivity index (χ4v) is 6.54. The molecule has 1 atom stereocenters. The summed E-state index contributed by atoms with van der Waals surface area (Å²) < 4.78 is 1.27. The Morgan fingerprint density at radius 1 is 0.971 bits per heavy atom. The third kappa shape index (κ3) is 3.91. The summed E-state index contributed by atoms with van der Waals surface area (Å²) >= 11 is 3.13. The van der Waals surface area contributed by atoms with Gasteiger partial charge in [-0.15, -0.1) is 22.7 Å². The van der Waals surface area contributed by atoms with Gasteiger partial charge in [0.2, 0.25) is 5.91 Å². The van der Waals surface area contributed by atoms with E-state index in [1.807, 2.05) is 27.3 Å². The minimum atomic E-state index is 0.0105. The van der Waals surface area contributed by atoms with E-state index >= 15 is 0 Å². The molecule has 0 bridgehead atoms. The molecule has 4 heterocycles. The van der Waals surface area contributed by atoms with Gasteiger partial charge >= 0.3 is 0 Å². The average molecular weight is 489 g/mol. The molecule has 0 N–H and O–H groups in total. The summed E-state index contributed by atoms with van der Waals surface area (Å²) in [6.45, 7) is 3.59. The number of anilines is 1. The fourth-order valence-electron chi connectivity index (χ4n) is 5.00. The van der Waals surface area contributed by atoms with Crippen LogP contribution in [-0.4, -0.2) is 65.4 Å². The molecule has 0 aliphatic carbocycles. The van der Waals surface area contributed by atoms with Gasteiger partial charge in [0.05, 0.1) is 0 Å². The van der Waals surface area contributed by atoms with Crippen LogP contribution >= 0.6 is 22.7 Å². The van der Waals surface area contributed by atoms with Crippen molar-refractivity contribution in [3.63, 3.8) is 0 Å². The van der Waals surface area contributed by atoms with Crippen LogP contribution in [0.1, 0.15) is 16.2 Å². The van der Waals surface area contributed by atoms with Crippen molar-refractivity contribution in [2.45, 2.75) is 12.5 Å². The second-order valence-electron chi connectivity index (χ2n) is 8.72. The van der Waals surface area contributed by atoms with E-state index in [0.29, 0.717) is 31.1 Å². The minimum absolute atomic E-state index is 0.0105. The highest BCUT2D eigenvalue weighted by Crippen LogP contribution is 2.35. The number of fused-ring (bicyclic) bond motifs is 1. The summed E-state index contributed by atoms with van der Waals surface area (Å²) in [6, 6.07) is 17.0. The molecule has 2 aromatic carbocycles. The zero-order valence-corrected chi connectivity index (χ0v) is 20.2. The number of carbonyl (C=O) groups is 2. The van der Waals surface area contributed by atoms with Crippen LogP contribution in [0.3, 0.4) is 0 Å². The maximum atomic E-state index is 13.0. The molecule has 2 aliphatic rings. The summed E-state index contributed by atoms with van der Waals surface area (Å²) in [5.41, 5.74) is 3.30.